The first kappa shape index (κ1) is 28.6. The van der Waals surface area contributed by atoms with Crippen LogP contribution in [0.3, 0.4) is 0 Å². The number of likely N-dealkylation sites (tertiary alicyclic amines) is 1. The molecule has 1 aliphatic heterocycles. The van der Waals surface area contributed by atoms with Gasteiger partial charge in [-0.25, -0.2) is 19.6 Å². The number of aromatic nitrogens is 5. The molecule has 2 unspecified atom stereocenters. The van der Waals surface area contributed by atoms with Crippen LogP contribution < -0.4 is 15.2 Å². The fraction of sp³-hybridized carbons (Fsp3) is 0.367. The second-order valence-electron chi connectivity index (χ2n) is 11.5. The Balaban J connectivity index is 1.19. The Morgan fingerprint density at radius 1 is 1.05 bits per heavy atom. The summed E-state index contributed by atoms with van der Waals surface area (Å²) in [7, 11) is 1.31. The lowest BCUT2D eigenvalue weighted by atomic mass is 9.94. The summed E-state index contributed by atoms with van der Waals surface area (Å²) in [5.41, 5.74) is 7.35. The lowest BCUT2D eigenvalue weighted by molar-refractivity contribution is -0.137. The molecule has 2 fully saturated rings. The quantitative estimate of drug-likeness (QED) is 0.335. The van der Waals surface area contributed by atoms with E-state index in [9.17, 15) is 18.0 Å². The average Bonchev–Trinajstić information content (AvgIpc) is 3.28. The predicted octanol–water partition coefficient (Wildman–Crippen LogP) is 4.40. The van der Waals surface area contributed by atoms with Gasteiger partial charge in [0, 0.05) is 60.7 Å². The third-order valence-corrected chi connectivity index (χ3v) is 7.90. The van der Waals surface area contributed by atoms with Crippen LogP contribution in [0.1, 0.15) is 41.0 Å². The molecule has 0 spiro atoms. The molecule has 43 heavy (non-hydrogen) atoms. The van der Waals surface area contributed by atoms with Gasteiger partial charge in [-0.2, -0.15) is 18.3 Å². The van der Waals surface area contributed by atoms with E-state index in [1.807, 2.05) is 13.8 Å². The van der Waals surface area contributed by atoms with Crippen LogP contribution in [0.2, 0.25) is 0 Å². The number of benzene rings is 1. The summed E-state index contributed by atoms with van der Waals surface area (Å²) in [5.74, 6) is 0.855. The Kier molecular flexibility index (Phi) is 6.87. The zero-order chi connectivity index (χ0) is 30.7. The maximum Gasteiger partial charge on any atom is 0.416 e. The van der Waals surface area contributed by atoms with Crippen molar-refractivity contribution in [3.05, 3.63) is 77.4 Å². The van der Waals surface area contributed by atoms with E-state index in [1.54, 1.807) is 48.6 Å². The lowest BCUT2D eigenvalue weighted by Gasteiger charge is -2.23. The second-order valence-corrected chi connectivity index (χ2v) is 11.5. The molecular formula is C30H30F3N7O3. The third kappa shape index (κ3) is 5.52. The standard InChI is InChI=1S/C30H30F3N7O3/c1-16-20(15-40(38-16)28-35-8-5-9-36-28)27(41)39-13-21-22(14-39)26(21)43-25-12-18(29(2,3)34)10-23(37-25)19-7-6-17(30(31,32)33)11-24(19)42-4/h5-12,15,21-22,26H,13-14,34H2,1-4H3. The molecule has 1 saturated carbocycles. The van der Waals surface area contributed by atoms with E-state index in [1.165, 1.54) is 17.9 Å². The molecule has 2 atom stereocenters. The van der Waals surface area contributed by atoms with Gasteiger partial charge in [0.05, 0.1) is 29.6 Å². The van der Waals surface area contributed by atoms with Crippen LogP contribution >= 0.6 is 0 Å². The Bertz CT molecular complexity index is 1670. The van der Waals surface area contributed by atoms with E-state index in [-0.39, 0.29) is 29.6 Å². The fourth-order valence-corrected chi connectivity index (χ4v) is 5.46. The number of methoxy groups -OCH3 is 1. The Morgan fingerprint density at radius 2 is 1.74 bits per heavy atom. The van der Waals surface area contributed by atoms with Gasteiger partial charge in [-0.1, -0.05) is 0 Å². The van der Waals surface area contributed by atoms with E-state index in [4.69, 9.17) is 15.2 Å². The summed E-state index contributed by atoms with van der Waals surface area (Å²) in [6.45, 7) is 6.45. The highest BCUT2D eigenvalue weighted by Crippen LogP contribution is 2.48. The number of pyridine rings is 1. The monoisotopic (exact) mass is 593 g/mol. The molecule has 2 N–H and O–H groups in total. The van der Waals surface area contributed by atoms with E-state index in [2.05, 4.69) is 20.1 Å². The SMILES string of the molecule is COc1cc(C(F)(F)F)ccc1-c1cc(C(C)(C)N)cc(OC2C3CN(C(=O)c4cn(-c5ncccn5)nc4C)CC32)n1. The maximum absolute atomic E-state index is 13.3. The highest BCUT2D eigenvalue weighted by molar-refractivity contribution is 5.95. The number of nitrogens with two attached hydrogens (primary N) is 1. The number of hydrogen-bond donors (Lipinski definition) is 1. The molecule has 0 radical (unpaired) electrons. The van der Waals surface area contributed by atoms with Gasteiger partial charge in [-0.05, 0) is 56.7 Å². The van der Waals surface area contributed by atoms with Crippen molar-refractivity contribution in [2.24, 2.45) is 17.6 Å². The molecule has 1 saturated heterocycles. The van der Waals surface area contributed by atoms with Crippen molar-refractivity contribution >= 4 is 5.91 Å². The highest BCUT2D eigenvalue weighted by Gasteiger charge is 2.59. The number of carbonyl (C=O) groups is 1. The normalized spacial score (nSPS) is 19.7. The number of nitrogens with zero attached hydrogens (tertiary/aromatic N) is 6. The van der Waals surface area contributed by atoms with Gasteiger partial charge >= 0.3 is 6.18 Å². The number of aryl methyl sites for hydroxylation is 1. The Labute approximate surface area is 245 Å². The lowest BCUT2D eigenvalue weighted by Crippen LogP contribution is -2.33. The van der Waals surface area contributed by atoms with Crippen molar-refractivity contribution in [2.75, 3.05) is 20.2 Å². The zero-order valence-electron chi connectivity index (χ0n) is 24.0. The van der Waals surface area contributed by atoms with Gasteiger partial charge in [0.2, 0.25) is 11.8 Å². The van der Waals surface area contributed by atoms with Crippen LogP contribution in [0.15, 0.2) is 55.0 Å². The first-order valence-corrected chi connectivity index (χ1v) is 13.7. The van der Waals surface area contributed by atoms with Crippen molar-refractivity contribution in [3.8, 4) is 28.8 Å². The van der Waals surface area contributed by atoms with E-state index >= 15 is 0 Å². The molecule has 1 aromatic carbocycles. The molecule has 10 nitrogen and oxygen atoms in total. The maximum atomic E-state index is 13.3. The van der Waals surface area contributed by atoms with Crippen LogP contribution in [0.5, 0.6) is 11.6 Å². The highest BCUT2D eigenvalue weighted by atomic mass is 19.4. The van der Waals surface area contributed by atoms with Gasteiger partial charge in [-0.3, -0.25) is 4.79 Å². The van der Waals surface area contributed by atoms with E-state index < -0.39 is 17.3 Å². The summed E-state index contributed by atoms with van der Waals surface area (Å²) in [4.78, 5) is 28.1. The summed E-state index contributed by atoms with van der Waals surface area (Å²) >= 11 is 0. The Hall–Kier alpha value is -4.52. The number of ether oxygens (including phenoxy) is 2. The van der Waals surface area contributed by atoms with Crippen LogP contribution in [0.4, 0.5) is 13.2 Å². The van der Waals surface area contributed by atoms with Crippen molar-refractivity contribution in [2.45, 2.75) is 38.6 Å². The van der Waals surface area contributed by atoms with Crippen molar-refractivity contribution in [1.29, 1.82) is 0 Å². The number of alkyl halides is 3. The number of piperidine rings is 1. The van der Waals surface area contributed by atoms with Crippen LogP contribution in [-0.2, 0) is 11.7 Å². The molecule has 1 aliphatic carbocycles. The molecule has 3 aromatic heterocycles. The van der Waals surface area contributed by atoms with E-state index in [0.29, 0.717) is 53.0 Å². The molecule has 2 aliphatic rings. The Morgan fingerprint density at radius 3 is 2.37 bits per heavy atom. The number of fused-ring (bicyclic) bond motifs is 1. The minimum Gasteiger partial charge on any atom is -0.496 e. The summed E-state index contributed by atoms with van der Waals surface area (Å²) in [5, 5.41) is 4.40. The van der Waals surface area contributed by atoms with Gasteiger partial charge in [0.15, 0.2) is 0 Å². The summed E-state index contributed by atoms with van der Waals surface area (Å²) in [6.07, 6.45) is 0.194. The average molecular weight is 594 g/mol. The number of carbonyl (C=O) groups excluding carboxylic acids is 1. The largest absolute Gasteiger partial charge is 0.496 e. The summed E-state index contributed by atoms with van der Waals surface area (Å²) in [6, 6.07) is 8.47. The molecule has 13 heteroatoms. The second kappa shape index (κ2) is 10.3. The van der Waals surface area contributed by atoms with Crippen LogP contribution in [0, 0.1) is 18.8 Å². The smallest absolute Gasteiger partial charge is 0.416 e. The van der Waals surface area contributed by atoms with Gasteiger partial charge in [0.25, 0.3) is 5.91 Å². The minimum absolute atomic E-state index is 0.0372. The van der Waals surface area contributed by atoms with Crippen molar-refractivity contribution in [3.63, 3.8) is 0 Å². The van der Waals surface area contributed by atoms with Crippen molar-refractivity contribution < 1.29 is 27.4 Å². The van der Waals surface area contributed by atoms with Gasteiger partial charge in [0.1, 0.15) is 11.9 Å². The fourth-order valence-electron chi connectivity index (χ4n) is 5.46. The van der Waals surface area contributed by atoms with Crippen LogP contribution in [0.25, 0.3) is 17.2 Å². The predicted molar refractivity (Wildman–Crippen MR) is 150 cm³/mol. The van der Waals surface area contributed by atoms with Crippen LogP contribution in [-0.4, -0.2) is 61.8 Å². The molecule has 6 rings (SSSR count). The molecule has 224 valence electrons. The van der Waals surface area contributed by atoms with Gasteiger partial charge in [-0.15, -0.1) is 0 Å². The molecular weight excluding hydrogens is 563 g/mol. The van der Waals surface area contributed by atoms with Gasteiger partial charge < -0.3 is 20.1 Å². The number of hydrogen-bond acceptors (Lipinski definition) is 8. The third-order valence-electron chi connectivity index (χ3n) is 7.90. The first-order valence-electron chi connectivity index (χ1n) is 13.7. The minimum atomic E-state index is -4.51. The van der Waals surface area contributed by atoms with Crippen molar-refractivity contribution in [1.82, 2.24) is 29.6 Å². The topological polar surface area (TPSA) is 121 Å². The number of rotatable bonds is 7. The molecule has 0 bridgehead atoms. The summed E-state index contributed by atoms with van der Waals surface area (Å²) < 4.78 is 53.0. The number of amides is 1. The molecule has 1 amide bonds. The number of halogens is 3. The molecule has 4 heterocycles. The molecule has 4 aromatic rings. The first-order chi connectivity index (χ1) is 20.3. The zero-order valence-corrected chi connectivity index (χ0v) is 24.0. The van der Waals surface area contributed by atoms with E-state index in [0.717, 1.165) is 12.1 Å².